The van der Waals surface area contributed by atoms with Crippen molar-refractivity contribution < 1.29 is 14.3 Å². The third kappa shape index (κ3) is 4.69. The average molecular weight is 445 g/mol. The van der Waals surface area contributed by atoms with Gasteiger partial charge in [0.2, 0.25) is 0 Å². The Morgan fingerprint density at radius 2 is 1.59 bits per heavy atom. The normalized spacial score (nSPS) is 41.0. The van der Waals surface area contributed by atoms with Crippen molar-refractivity contribution in [1.29, 1.82) is 0 Å². The first-order valence-electron chi connectivity index (χ1n) is 14.1. The zero-order chi connectivity index (χ0) is 22.8. The fourth-order valence-electron chi connectivity index (χ4n) is 8.63. The number of esters is 1. The van der Waals surface area contributed by atoms with E-state index in [0.29, 0.717) is 29.5 Å². The van der Waals surface area contributed by atoms with Gasteiger partial charge in [0.05, 0.1) is 0 Å². The highest BCUT2D eigenvalue weighted by atomic mass is 16.5. The van der Waals surface area contributed by atoms with Gasteiger partial charge in [0.15, 0.2) is 0 Å². The van der Waals surface area contributed by atoms with Crippen LogP contribution in [0.15, 0.2) is 0 Å². The van der Waals surface area contributed by atoms with Crippen LogP contribution in [0.2, 0.25) is 0 Å². The predicted octanol–water partition coefficient (Wildman–Crippen LogP) is 7.65. The first-order chi connectivity index (χ1) is 15.4. The minimum Gasteiger partial charge on any atom is -0.462 e. The van der Waals surface area contributed by atoms with Gasteiger partial charge in [0.25, 0.3) is 0 Å². The Balaban J connectivity index is 1.29. The first-order valence-corrected chi connectivity index (χ1v) is 14.1. The molecule has 4 saturated carbocycles. The summed E-state index contributed by atoms with van der Waals surface area (Å²) in [4.78, 5) is 24.8. The van der Waals surface area contributed by atoms with E-state index in [-0.39, 0.29) is 17.5 Å². The molecule has 4 aliphatic rings. The van der Waals surface area contributed by atoms with Crippen LogP contribution < -0.4 is 0 Å². The highest BCUT2D eigenvalue weighted by Crippen LogP contribution is 2.66. The monoisotopic (exact) mass is 444 g/mol. The summed E-state index contributed by atoms with van der Waals surface area (Å²) in [5, 5.41) is 0. The number of ether oxygens (including phenoxy) is 1. The molecular weight excluding hydrogens is 396 g/mol. The van der Waals surface area contributed by atoms with E-state index in [1.54, 1.807) is 0 Å². The number of Topliss-reactive ketones (excluding diaryl/α,β-unsaturated/α-hetero) is 1. The summed E-state index contributed by atoms with van der Waals surface area (Å²) in [6, 6.07) is 0. The van der Waals surface area contributed by atoms with Gasteiger partial charge in [-0.3, -0.25) is 9.59 Å². The Hall–Kier alpha value is -0.860. The van der Waals surface area contributed by atoms with Crippen LogP contribution in [0.3, 0.4) is 0 Å². The fraction of sp³-hybridized carbons (Fsp3) is 0.931. The van der Waals surface area contributed by atoms with Crippen molar-refractivity contribution in [2.24, 2.45) is 34.5 Å². The van der Waals surface area contributed by atoms with Gasteiger partial charge in [-0.15, -0.1) is 0 Å². The molecule has 4 rings (SSSR count). The van der Waals surface area contributed by atoms with Gasteiger partial charge in [-0.1, -0.05) is 59.3 Å². The van der Waals surface area contributed by atoms with Crippen LogP contribution in [0, 0.1) is 34.5 Å². The molecule has 0 aromatic rings. The number of unbranched alkanes of at least 4 members (excludes halogenated alkanes) is 6. The number of rotatable bonds is 9. The molecule has 4 aliphatic carbocycles. The van der Waals surface area contributed by atoms with Gasteiger partial charge in [-0.2, -0.15) is 0 Å². The second-order valence-corrected chi connectivity index (χ2v) is 12.4. The number of fused-ring (bicyclic) bond motifs is 5. The molecule has 0 radical (unpaired) electrons. The van der Waals surface area contributed by atoms with E-state index in [2.05, 4.69) is 20.8 Å². The number of ketones is 1. The molecule has 7 atom stereocenters. The number of hydrogen-bond acceptors (Lipinski definition) is 3. The summed E-state index contributed by atoms with van der Waals surface area (Å²) >= 11 is 0. The molecule has 182 valence electrons. The first kappa shape index (κ1) is 24.3. The smallest absolute Gasteiger partial charge is 0.306 e. The summed E-state index contributed by atoms with van der Waals surface area (Å²) in [6.45, 7) is 7.20. The van der Waals surface area contributed by atoms with Crippen molar-refractivity contribution in [3.63, 3.8) is 0 Å². The topological polar surface area (TPSA) is 43.4 Å². The van der Waals surface area contributed by atoms with E-state index in [9.17, 15) is 9.59 Å². The summed E-state index contributed by atoms with van der Waals surface area (Å²) in [6.07, 6.45) is 19.4. The number of carbonyl (C=O) groups excluding carboxylic acids is 2. The highest BCUT2D eigenvalue weighted by molar-refractivity contribution is 5.79. The van der Waals surface area contributed by atoms with Crippen LogP contribution in [0.25, 0.3) is 0 Å². The average Bonchev–Trinajstić information content (AvgIpc) is 3.10. The number of carbonyl (C=O) groups is 2. The lowest BCUT2D eigenvalue weighted by molar-refractivity contribution is -0.164. The van der Waals surface area contributed by atoms with E-state index in [0.717, 1.165) is 50.4 Å². The van der Waals surface area contributed by atoms with Crippen molar-refractivity contribution in [2.75, 3.05) is 0 Å². The Kier molecular flexibility index (Phi) is 7.72. The molecule has 0 aromatic carbocycles. The van der Waals surface area contributed by atoms with Gasteiger partial charge in [0, 0.05) is 24.7 Å². The maximum absolute atomic E-state index is 12.6. The van der Waals surface area contributed by atoms with Gasteiger partial charge in [0.1, 0.15) is 11.9 Å². The molecule has 0 N–H and O–H groups in total. The van der Waals surface area contributed by atoms with E-state index in [4.69, 9.17) is 4.74 Å². The second kappa shape index (κ2) is 10.2. The zero-order valence-corrected chi connectivity index (χ0v) is 21.1. The Labute approximate surface area is 196 Å². The van der Waals surface area contributed by atoms with Gasteiger partial charge in [-0.25, -0.2) is 0 Å². The second-order valence-electron chi connectivity index (χ2n) is 12.4. The third-order valence-corrected chi connectivity index (χ3v) is 10.7. The maximum atomic E-state index is 12.6. The van der Waals surface area contributed by atoms with Crippen LogP contribution in [0.5, 0.6) is 0 Å². The third-order valence-electron chi connectivity index (χ3n) is 10.7. The standard InChI is InChI=1S/C29H48O3/c1-4-5-6-7-8-9-10-11-27(31)32-26-15-14-24-23-13-12-21-20-22(30)16-18-28(21,2)25(23)17-19-29(24,26)3/h21,23-26H,4-20H2,1-3H3/t21-,23?,24?,25?,26-,28+,29+/m1/s1. The molecule has 32 heavy (non-hydrogen) atoms. The lowest BCUT2D eigenvalue weighted by atomic mass is 9.45. The molecule has 0 heterocycles. The van der Waals surface area contributed by atoms with Crippen LogP contribution in [-0.2, 0) is 14.3 Å². The summed E-state index contributed by atoms with van der Waals surface area (Å²) in [5.74, 6) is 3.42. The molecule has 3 unspecified atom stereocenters. The number of hydrogen-bond donors (Lipinski definition) is 0. The predicted molar refractivity (Wildman–Crippen MR) is 129 cm³/mol. The molecule has 3 nitrogen and oxygen atoms in total. The Bertz CT molecular complexity index is 671. The molecule has 4 fully saturated rings. The van der Waals surface area contributed by atoms with E-state index in [1.807, 2.05) is 0 Å². The molecule has 0 amide bonds. The summed E-state index contributed by atoms with van der Waals surface area (Å²) in [5.41, 5.74) is 0.536. The van der Waals surface area contributed by atoms with Crippen molar-refractivity contribution >= 4 is 11.8 Å². The van der Waals surface area contributed by atoms with Crippen LogP contribution in [0.4, 0.5) is 0 Å². The lowest BCUT2D eigenvalue weighted by Crippen LogP contribution is -2.54. The van der Waals surface area contributed by atoms with Gasteiger partial charge >= 0.3 is 5.97 Å². The van der Waals surface area contributed by atoms with Crippen molar-refractivity contribution in [3.8, 4) is 0 Å². The molecular formula is C29H48O3. The SMILES string of the molecule is CCCCCCCCCC(=O)O[C@@H]1CCC2C3CC[C@@H]4CC(=O)CC[C@]4(C)C3CC[C@@]21C. The molecule has 0 aliphatic heterocycles. The van der Waals surface area contributed by atoms with Crippen LogP contribution >= 0.6 is 0 Å². The minimum absolute atomic E-state index is 0.0500. The van der Waals surface area contributed by atoms with E-state index in [1.165, 1.54) is 64.2 Å². The maximum Gasteiger partial charge on any atom is 0.306 e. The van der Waals surface area contributed by atoms with Crippen molar-refractivity contribution in [2.45, 2.75) is 136 Å². The Morgan fingerprint density at radius 3 is 2.38 bits per heavy atom. The molecule has 0 bridgehead atoms. The minimum atomic E-state index is 0.0500. The zero-order valence-electron chi connectivity index (χ0n) is 21.1. The summed E-state index contributed by atoms with van der Waals surface area (Å²) < 4.78 is 6.17. The van der Waals surface area contributed by atoms with E-state index >= 15 is 0 Å². The lowest BCUT2D eigenvalue weighted by Gasteiger charge is -2.60. The highest BCUT2D eigenvalue weighted by Gasteiger charge is 2.61. The van der Waals surface area contributed by atoms with Crippen LogP contribution in [0.1, 0.15) is 130 Å². The van der Waals surface area contributed by atoms with Crippen molar-refractivity contribution in [1.82, 2.24) is 0 Å². The molecule has 3 heteroatoms. The van der Waals surface area contributed by atoms with Crippen LogP contribution in [-0.4, -0.2) is 17.9 Å². The molecule has 0 spiro atoms. The van der Waals surface area contributed by atoms with E-state index < -0.39 is 0 Å². The van der Waals surface area contributed by atoms with Gasteiger partial charge < -0.3 is 4.74 Å². The fourth-order valence-corrected chi connectivity index (χ4v) is 8.63. The molecule has 0 saturated heterocycles. The molecule has 0 aromatic heterocycles. The quantitative estimate of drug-likeness (QED) is 0.271. The summed E-state index contributed by atoms with van der Waals surface area (Å²) in [7, 11) is 0. The van der Waals surface area contributed by atoms with Crippen molar-refractivity contribution in [3.05, 3.63) is 0 Å². The Morgan fingerprint density at radius 1 is 0.875 bits per heavy atom. The van der Waals surface area contributed by atoms with Gasteiger partial charge in [-0.05, 0) is 80.5 Å². The largest absolute Gasteiger partial charge is 0.462 e.